The summed E-state index contributed by atoms with van der Waals surface area (Å²) < 4.78 is 10.8. The SMILES string of the molecule is Cc1c(NC(=O)OC(C)(C)C)ccc2nc(N(C)[C@@H](C)C(=O)N(C)Cc3ccccn3)oc(=O)c12. The summed E-state index contributed by atoms with van der Waals surface area (Å²) in [6, 6.07) is 8.15. The number of amides is 2. The van der Waals surface area contributed by atoms with Crippen LogP contribution in [0.15, 0.2) is 45.7 Å². The number of anilines is 2. The molecule has 186 valence electrons. The summed E-state index contributed by atoms with van der Waals surface area (Å²) in [5.41, 5.74) is 0.791. The number of hydrogen-bond donors (Lipinski definition) is 1. The van der Waals surface area contributed by atoms with Crippen LogP contribution in [0, 0.1) is 6.92 Å². The smallest absolute Gasteiger partial charge is 0.412 e. The number of fused-ring (bicyclic) bond motifs is 1. The molecule has 0 radical (unpaired) electrons. The lowest BCUT2D eigenvalue weighted by molar-refractivity contribution is -0.131. The van der Waals surface area contributed by atoms with Crippen LogP contribution < -0.4 is 15.8 Å². The van der Waals surface area contributed by atoms with Crippen molar-refractivity contribution in [3.8, 4) is 0 Å². The predicted octanol–water partition coefficient (Wildman–Crippen LogP) is 3.72. The molecule has 3 aromatic rings. The van der Waals surface area contributed by atoms with Crippen molar-refractivity contribution in [3.63, 3.8) is 0 Å². The minimum atomic E-state index is -0.658. The van der Waals surface area contributed by atoms with E-state index in [1.807, 2.05) is 18.2 Å². The van der Waals surface area contributed by atoms with Crippen LogP contribution in [0.25, 0.3) is 10.9 Å². The van der Waals surface area contributed by atoms with Crippen molar-refractivity contribution in [1.29, 1.82) is 0 Å². The fraction of sp³-hybridized carbons (Fsp3) is 0.400. The summed E-state index contributed by atoms with van der Waals surface area (Å²) in [6.45, 7) is 9.03. The van der Waals surface area contributed by atoms with Gasteiger partial charge in [0.2, 0.25) is 5.91 Å². The van der Waals surface area contributed by atoms with E-state index < -0.39 is 23.4 Å². The molecule has 0 saturated heterocycles. The number of carbonyl (C=O) groups excluding carboxylic acids is 2. The molecule has 2 aromatic heterocycles. The molecule has 1 N–H and O–H groups in total. The van der Waals surface area contributed by atoms with Gasteiger partial charge in [0.25, 0.3) is 0 Å². The molecule has 0 aliphatic carbocycles. The van der Waals surface area contributed by atoms with E-state index in [1.165, 1.54) is 4.90 Å². The Morgan fingerprint density at radius 3 is 2.51 bits per heavy atom. The molecular formula is C25H31N5O5. The predicted molar refractivity (Wildman–Crippen MR) is 133 cm³/mol. The quantitative estimate of drug-likeness (QED) is 0.566. The Morgan fingerprint density at radius 2 is 1.89 bits per heavy atom. The van der Waals surface area contributed by atoms with Crippen LogP contribution in [0.1, 0.15) is 39.0 Å². The molecule has 3 rings (SSSR count). The summed E-state index contributed by atoms with van der Waals surface area (Å²) in [5.74, 6) is -0.184. The molecule has 0 spiro atoms. The molecule has 35 heavy (non-hydrogen) atoms. The van der Waals surface area contributed by atoms with Crippen LogP contribution in [-0.4, -0.2) is 52.6 Å². The third kappa shape index (κ3) is 6.14. The van der Waals surface area contributed by atoms with Crippen LogP contribution in [-0.2, 0) is 16.1 Å². The Bertz CT molecular complexity index is 1280. The monoisotopic (exact) mass is 481 g/mol. The van der Waals surface area contributed by atoms with Gasteiger partial charge >= 0.3 is 17.7 Å². The number of carbonyl (C=O) groups is 2. The van der Waals surface area contributed by atoms with Gasteiger partial charge in [-0.2, -0.15) is 4.98 Å². The van der Waals surface area contributed by atoms with E-state index in [2.05, 4.69) is 15.3 Å². The Hall–Kier alpha value is -3.95. The lowest BCUT2D eigenvalue weighted by atomic mass is 10.1. The largest absolute Gasteiger partial charge is 0.444 e. The van der Waals surface area contributed by atoms with Gasteiger partial charge in [0.1, 0.15) is 11.6 Å². The van der Waals surface area contributed by atoms with Crippen LogP contribution in [0.2, 0.25) is 0 Å². The summed E-state index contributed by atoms with van der Waals surface area (Å²) in [5, 5.41) is 2.89. The number of benzene rings is 1. The minimum absolute atomic E-state index is 0.0156. The second-order valence-electron chi connectivity index (χ2n) is 9.35. The zero-order valence-electron chi connectivity index (χ0n) is 21.1. The zero-order chi connectivity index (χ0) is 25.9. The van der Waals surface area contributed by atoms with Gasteiger partial charge in [-0.1, -0.05) is 6.07 Å². The van der Waals surface area contributed by atoms with Gasteiger partial charge in [0, 0.05) is 26.0 Å². The van der Waals surface area contributed by atoms with E-state index in [0.717, 1.165) is 5.69 Å². The maximum Gasteiger partial charge on any atom is 0.412 e. The number of pyridine rings is 1. The molecule has 0 saturated carbocycles. The number of aryl methyl sites for hydroxylation is 1. The first kappa shape index (κ1) is 25.7. The van der Waals surface area contributed by atoms with E-state index in [-0.39, 0.29) is 17.3 Å². The molecule has 10 nitrogen and oxygen atoms in total. The molecule has 10 heteroatoms. The van der Waals surface area contributed by atoms with Gasteiger partial charge < -0.3 is 19.0 Å². The van der Waals surface area contributed by atoms with Crippen molar-refractivity contribution in [2.45, 2.75) is 52.8 Å². The fourth-order valence-corrected chi connectivity index (χ4v) is 3.47. The minimum Gasteiger partial charge on any atom is -0.444 e. The number of aromatic nitrogens is 2. The Balaban J connectivity index is 1.82. The van der Waals surface area contributed by atoms with Crippen LogP contribution in [0.3, 0.4) is 0 Å². The Labute approximate surface area is 203 Å². The fourth-order valence-electron chi connectivity index (χ4n) is 3.47. The van der Waals surface area contributed by atoms with Crippen molar-refractivity contribution >= 4 is 34.6 Å². The van der Waals surface area contributed by atoms with Gasteiger partial charge in [-0.05, 0) is 64.4 Å². The highest BCUT2D eigenvalue weighted by Crippen LogP contribution is 2.25. The number of hydrogen-bond acceptors (Lipinski definition) is 8. The first-order valence-corrected chi connectivity index (χ1v) is 11.2. The number of rotatable bonds is 6. The van der Waals surface area contributed by atoms with Crippen molar-refractivity contribution in [3.05, 3.63) is 58.2 Å². The van der Waals surface area contributed by atoms with E-state index in [4.69, 9.17) is 9.15 Å². The molecule has 0 bridgehead atoms. The van der Waals surface area contributed by atoms with Crippen LogP contribution in [0.4, 0.5) is 16.5 Å². The first-order valence-electron chi connectivity index (χ1n) is 11.2. The van der Waals surface area contributed by atoms with Crippen LogP contribution >= 0.6 is 0 Å². The molecule has 2 amide bonds. The van der Waals surface area contributed by atoms with E-state index in [0.29, 0.717) is 23.3 Å². The number of nitrogens with one attached hydrogen (secondary N) is 1. The third-order valence-corrected chi connectivity index (χ3v) is 5.42. The molecular weight excluding hydrogens is 450 g/mol. The van der Waals surface area contributed by atoms with Crippen molar-refractivity contribution in [2.24, 2.45) is 0 Å². The molecule has 0 unspecified atom stereocenters. The highest BCUT2D eigenvalue weighted by molar-refractivity contribution is 5.93. The second-order valence-corrected chi connectivity index (χ2v) is 9.35. The van der Waals surface area contributed by atoms with E-state index in [1.54, 1.807) is 71.9 Å². The van der Waals surface area contributed by atoms with E-state index in [9.17, 15) is 14.4 Å². The standard InChI is InChI=1S/C25H31N5O5/c1-15-18(28-24(33)35-25(3,4)5)11-12-19-20(15)22(32)34-23(27-19)30(7)16(2)21(31)29(6)14-17-10-8-9-13-26-17/h8-13,16H,14H2,1-7H3,(H,28,33)/t16-/m0/s1. The lowest BCUT2D eigenvalue weighted by Gasteiger charge is -2.27. The summed E-state index contributed by atoms with van der Waals surface area (Å²) in [7, 11) is 3.33. The highest BCUT2D eigenvalue weighted by Gasteiger charge is 2.26. The summed E-state index contributed by atoms with van der Waals surface area (Å²) >= 11 is 0. The van der Waals surface area contributed by atoms with E-state index >= 15 is 0 Å². The molecule has 0 fully saturated rings. The molecule has 1 atom stereocenters. The molecule has 0 aliphatic heterocycles. The normalized spacial score (nSPS) is 12.2. The topological polar surface area (TPSA) is 118 Å². The van der Waals surface area contributed by atoms with Crippen molar-refractivity contribution in [1.82, 2.24) is 14.9 Å². The average Bonchev–Trinajstić information content (AvgIpc) is 2.78. The average molecular weight is 482 g/mol. The molecule has 2 heterocycles. The van der Waals surface area contributed by atoms with Gasteiger partial charge in [-0.25, -0.2) is 9.59 Å². The lowest BCUT2D eigenvalue weighted by Crippen LogP contribution is -2.44. The van der Waals surface area contributed by atoms with Gasteiger partial charge in [-0.3, -0.25) is 15.1 Å². The highest BCUT2D eigenvalue weighted by atomic mass is 16.6. The summed E-state index contributed by atoms with van der Waals surface area (Å²) in [4.78, 5) is 49.8. The zero-order valence-corrected chi connectivity index (χ0v) is 21.1. The maximum atomic E-state index is 13.0. The van der Waals surface area contributed by atoms with Crippen molar-refractivity contribution in [2.75, 3.05) is 24.3 Å². The summed E-state index contributed by atoms with van der Waals surface area (Å²) in [6.07, 6.45) is 1.05. The first-order chi connectivity index (χ1) is 16.4. The van der Waals surface area contributed by atoms with Gasteiger partial charge in [-0.15, -0.1) is 0 Å². The third-order valence-electron chi connectivity index (χ3n) is 5.42. The number of nitrogens with zero attached hydrogens (tertiary/aromatic N) is 4. The van der Waals surface area contributed by atoms with Gasteiger partial charge in [0.05, 0.1) is 23.1 Å². The second kappa shape index (κ2) is 10.1. The molecule has 0 aliphatic rings. The maximum absolute atomic E-state index is 13.0. The van der Waals surface area contributed by atoms with Crippen molar-refractivity contribution < 1.29 is 18.7 Å². The Morgan fingerprint density at radius 1 is 1.17 bits per heavy atom. The number of likely N-dealkylation sites (N-methyl/N-ethyl adjacent to an activating group) is 2. The number of ether oxygens (including phenoxy) is 1. The van der Waals surface area contributed by atoms with Crippen LogP contribution in [0.5, 0.6) is 0 Å². The molecule has 1 aromatic carbocycles. The van der Waals surface area contributed by atoms with Gasteiger partial charge in [0.15, 0.2) is 0 Å². The Kier molecular flexibility index (Phi) is 7.42.